The Morgan fingerprint density at radius 3 is 2.58 bits per heavy atom. The van der Waals surface area contributed by atoms with E-state index in [-0.39, 0.29) is 5.91 Å². The number of hydrogen-bond acceptors (Lipinski definition) is 2. The third-order valence-corrected chi connectivity index (χ3v) is 4.29. The van der Waals surface area contributed by atoms with Crippen molar-refractivity contribution in [2.24, 2.45) is 0 Å². The number of amides is 1. The van der Waals surface area contributed by atoms with Gasteiger partial charge >= 0.3 is 5.97 Å². The zero-order valence-electron chi connectivity index (χ0n) is 11.3. The molecule has 1 unspecified atom stereocenters. The summed E-state index contributed by atoms with van der Waals surface area (Å²) in [4.78, 5) is 23.5. The second-order valence-corrected chi connectivity index (χ2v) is 5.92. The molecule has 4 nitrogen and oxygen atoms in total. The summed E-state index contributed by atoms with van der Waals surface area (Å²) in [7, 11) is 0. The third-order valence-electron chi connectivity index (χ3n) is 3.12. The molecule has 0 aliphatic rings. The maximum absolute atomic E-state index is 12.2. The van der Waals surface area contributed by atoms with Gasteiger partial charge in [-0.05, 0) is 60.6 Å². The summed E-state index contributed by atoms with van der Waals surface area (Å²) in [6.07, 6.45) is 1.09. The number of carboxylic acids is 1. The van der Waals surface area contributed by atoms with Crippen LogP contribution in [-0.2, 0) is 4.79 Å². The average Bonchev–Trinajstić information content (AvgIpc) is 2.32. The predicted molar refractivity (Wildman–Crippen MR) is 82.3 cm³/mol. The number of benzene rings is 1. The van der Waals surface area contributed by atoms with Gasteiger partial charge in [0.05, 0.1) is 0 Å². The van der Waals surface area contributed by atoms with E-state index < -0.39 is 11.5 Å². The van der Waals surface area contributed by atoms with E-state index in [1.807, 2.05) is 19.9 Å². The summed E-state index contributed by atoms with van der Waals surface area (Å²) in [5.74, 6) is -1.35. The second kappa shape index (κ2) is 6.36. The molecule has 1 atom stereocenters. The summed E-state index contributed by atoms with van der Waals surface area (Å²) in [5.41, 5.74) is 0.167. The number of nitrogens with one attached hydrogen (secondary N) is 1. The van der Waals surface area contributed by atoms with Gasteiger partial charge < -0.3 is 10.4 Å². The fourth-order valence-electron chi connectivity index (χ4n) is 1.89. The highest BCUT2D eigenvalue weighted by Crippen LogP contribution is 2.18. The Morgan fingerprint density at radius 2 is 2.05 bits per heavy atom. The molecule has 0 spiro atoms. The molecule has 0 heterocycles. The van der Waals surface area contributed by atoms with Crippen LogP contribution in [0, 0.1) is 10.5 Å². The molecule has 1 amide bonds. The SMILES string of the molecule is CCCC(C)(NC(=O)c1cccc(I)c1C)C(=O)O. The molecule has 2 N–H and O–H groups in total. The van der Waals surface area contributed by atoms with Crippen LogP contribution < -0.4 is 5.32 Å². The molecular formula is C14H18INO3. The monoisotopic (exact) mass is 375 g/mol. The van der Waals surface area contributed by atoms with E-state index in [2.05, 4.69) is 27.9 Å². The normalized spacial score (nSPS) is 13.7. The fraction of sp³-hybridized carbons (Fsp3) is 0.429. The minimum absolute atomic E-state index is 0.339. The van der Waals surface area contributed by atoms with Crippen molar-refractivity contribution in [1.29, 1.82) is 0 Å². The van der Waals surface area contributed by atoms with Crippen LogP contribution in [0.25, 0.3) is 0 Å². The Morgan fingerprint density at radius 1 is 1.42 bits per heavy atom. The lowest BCUT2D eigenvalue weighted by atomic mass is 9.95. The van der Waals surface area contributed by atoms with Crippen molar-refractivity contribution in [1.82, 2.24) is 5.32 Å². The van der Waals surface area contributed by atoms with Crippen LogP contribution in [0.2, 0.25) is 0 Å². The molecule has 0 aliphatic carbocycles. The van der Waals surface area contributed by atoms with Crippen LogP contribution in [-0.4, -0.2) is 22.5 Å². The van der Waals surface area contributed by atoms with Crippen molar-refractivity contribution in [3.63, 3.8) is 0 Å². The van der Waals surface area contributed by atoms with Crippen molar-refractivity contribution in [3.05, 3.63) is 32.9 Å². The average molecular weight is 375 g/mol. The zero-order chi connectivity index (χ0) is 14.6. The Labute approximate surface area is 126 Å². The molecule has 19 heavy (non-hydrogen) atoms. The van der Waals surface area contributed by atoms with Crippen molar-refractivity contribution in [3.8, 4) is 0 Å². The molecule has 0 saturated heterocycles. The first-order chi connectivity index (χ1) is 8.81. The lowest BCUT2D eigenvalue weighted by Crippen LogP contribution is -2.52. The lowest BCUT2D eigenvalue weighted by molar-refractivity contribution is -0.144. The van der Waals surface area contributed by atoms with E-state index in [9.17, 15) is 14.7 Å². The van der Waals surface area contributed by atoms with Crippen molar-refractivity contribution in [2.45, 2.75) is 39.2 Å². The van der Waals surface area contributed by atoms with Gasteiger partial charge in [-0.15, -0.1) is 0 Å². The lowest BCUT2D eigenvalue weighted by Gasteiger charge is -2.26. The van der Waals surface area contributed by atoms with Crippen molar-refractivity contribution in [2.75, 3.05) is 0 Å². The van der Waals surface area contributed by atoms with Crippen LogP contribution in [0.15, 0.2) is 18.2 Å². The Kier molecular flexibility index (Phi) is 5.34. The Hall–Kier alpha value is -1.11. The molecule has 1 aromatic carbocycles. The molecule has 0 bridgehead atoms. The standard InChI is InChI=1S/C14H18INO3/c1-4-8-14(3,13(18)19)16-12(17)10-6-5-7-11(15)9(10)2/h5-7H,4,8H2,1-3H3,(H,16,17)(H,18,19). The summed E-state index contributed by atoms with van der Waals surface area (Å²) < 4.78 is 0.984. The Balaban J connectivity index is 3.01. The molecular weight excluding hydrogens is 357 g/mol. The molecule has 0 aromatic heterocycles. The molecule has 1 aromatic rings. The van der Waals surface area contributed by atoms with Gasteiger partial charge in [0, 0.05) is 9.13 Å². The summed E-state index contributed by atoms with van der Waals surface area (Å²) in [6.45, 7) is 5.29. The molecule has 104 valence electrons. The largest absolute Gasteiger partial charge is 0.480 e. The second-order valence-electron chi connectivity index (χ2n) is 4.75. The molecule has 5 heteroatoms. The van der Waals surface area contributed by atoms with E-state index in [4.69, 9.17) is 0 Å². The highest BCUT2D eigenvalue weighted by molar-refractivity contribution is 14.1. The number of carboxylic acid groups (broad SMARTS) is 1. The first kappa shape index (κ1) is 15.9. The number of aliphatic carboxylic acids is 1. The number of carbonyl (C=O) groups excluding carboxylic acids is 1. The number of hydrogen-bond donors (Lipinski definition) is 2. The predicted octanol–water partition coefficient (Wildman–Crippen LogP) is 2.97. The molecule has 1 rings (SSSR count). The highest BCUT2D eigenvalue weighted by Gasteiger charge is 2.34. The van der Waals surface area contributed by atoms with Gasteiger partial charge in [-0.1, -0.05) is 19.4 Å². The molecule has 0 fully saturated rings. The van der Waals surface area contributed by atoms with E-state index in [0.29, 0.717) is 18.4 Å². The molecule has 0 aliphatic heterocycles. The summed E-state index contributed by atoms with van der Waals surface area (Å²) in [6, 6.07) is 5.41. The van der Waals surface area contributed by atoms with E-state index in [1.165, 1.54) is 0 Å². The van der Waals surface area contributed by atoms with Gasteiger partial charge in [0.15, 0.2) is 0 Å². The zero-order valence-corrected chi connectivity index (χ0v) is 13.4. The van der Waals surface area contributed by atoms with Gasteiger partial charge in [-0.25, -0.2) is 4.79 Å². The van der Waals surface area contributed by atoms with Crippen LogP contribution in [0.4, 0.5) is 0 Å². The number of rotatable bonds is 5. The fourth-order valence-corrected chi connectivity index (χ4v) is 2.39. The van der Waals surface area contributed by atoms with Gasteiger partial charge in [0.25, 0.3) is 5.91 Å². The number of carbonyl (C=O) groups is 2. The van der Waals surface area contributed by atoms with Crippen LogP contribution >= 0.6 is 22.6 Å². The quantitative estimate of drug-likeness (QED) is 0.778. The minimum Gasteiger partial charge on any atom is -0.480 e. The van der Waals surface area contributed by atoms with Gasteiger partial charge in [-0.3, -0.25) is 4.79 Å². The molecule has 0 saturated carbocycles. The van der Waals surface area contributed by atoms with Crippen LogP contribution in [0.1, 0.15) is 42.6 Å². The van der Waals surface area contributed by atoms with Gasteiger partial charge in [-0.2, -0.15) is 0 Å². The van der Waals surface area contributed by atoms with Crippen LogP contribution in [0.3, 0.4) is 0 Å². The summed E-state index contributed by atoms with van der Waals surface area (Å²) in [5, 5.41) is 11.9. The maximum Gasteiger partial charge on any atom is 0.329 e. The number of halogens is 1. The third kappa shape index (κ3) is 3.68. The summed E-state index contributed by atoms with van der Waals surface area (Å²) >= 11 is 2.15. The first-order valence-corrected chi connectivity index (χ1v) is 7.20. The first-order valence-electron chi connectivity index (χ1n) is 6.13. The van der Waals surface area contributed by atoms with Gasteiger partial charge in [0.1, 0.15) is 5.54 Å². The molecule has 0 radical (unpaired) electrons. The maximum atomic E-state index is 12.2. The Bertz CT molecular complexity index is 501. The topological polar surface area (TPSA) is 66.4 Å². The smallest absolute Gasteiger partial charge is 0.329 e. The van der Waals surface area contributed by atoms with E-state index in [0.717, 1.165) is 9.13 Å². The highest BCUT2D eigenvalue weighted by atomic mass is 127. The minimum atomic E-state index is -1.22. The van der Waals surface area contributed by atoms with Crippen molar-refractivity contribution >= 4 is 34.5 Å². The van der Waals surface area contributed by atoms with Crippen molar-refractivity contribution < 1.29 is 14.7 Å². The van der Waals surface area contributed by atoms with E-state index >= 15 is 0 Å². The van der Waals surface area contributed by atoms with Gasteiger partial charge in [0.2, 0.25) is 0 Å². The van der Waals surface area contributed by atoms with E-state index in [1.54, 1.807) is 19.1 Å². The van der Waals surface area contributed by atoms with Crippen LogP contribution in [0.5, 0.6) is 0 Å².